The van der Waals surface area contributed by atoms with Gasteiger partial charge < -0.3 is 0 Å². The molecule has 1 unspecified atom stereocenters. The second kappa shape index (κ2) is 6.46. The number of aryl methyl sites for hydroxylation is 1. The summed E-state index contributed by atoms with van der Waals surface area (Å²) < 4.78 is 0. The largest absolute Gasteiger partial charge is 0.0801 e. The minimum atomic E-state index is 0.00702. The molecule has 0 saturated heterocycles. The molecular formula is C30H38. The molecule has 0 heteroatoms. The van der Waals surface area contributed by atoms with Crippen LogP contribution >= 0.6 is 0 Å². The van der Waals surface area contributed by atoms with Gasteiger partial charge >= 0.3 is 0 Å². The molecule has 0 heterocycles. The maximum atomic E-state index is 2.50. The molecule has 3 aliphatic rings. The average molecular weight is 399 g/mol. The first kappa shape index (κ1) is 21.2. The maximum absolute atomic E-state index is 2.50. The van der Waals surface area contributed by atoms with Gasteiger partial charge in [-0.2, -0.15) is 0 Å². The monoisotopic (exact) mass is 398 g/mol. The molecule has 0 amide bonds. The highest BCUT2D eigenvalue weighted by molar-refractivity contribution is 5.95. The van der Waals surface area contributed by atoms with Crippen LogP contribution in [0.4, 0.5) is 0 Å². The Hall–Kier alpha value is -2.08. The summed E-state index contributed by atoms with van der Waals surface area (Å²) in [5.41, 5.74) is 12.1. The highest BCUT2D eigenvalue weighted by Crippen LogP contribution is 2.59. The van der Waals surface area contributed by atoms with Gasteiger partial charge in [0.25, 0.3) is 0 Å². The highest BCUT2D eigenvalue weighted by atomic mass is 14.5. The van der Waals surface area contributed by atoms with Gasteiger partial charge in [-0.3, -0.25) is 0 Å². The molecule has 0 N–H and O–H groups in total. The molecule has 3 aliphatic carbocycles. The number of hydrogen-bond donors (Lipinski definition) is 0. The highest BCUT2D eigenvalue weighted by Gasteiger charge is 2.48. The van der Waals surface area contributed by atoms with Crippen molar-refractivity contribution in [2.45, 2.75) is 81.1 Å². The number of benzene rings is 1. The Kier molecular flexibility index (Phi) is 4.56. The van der Waals surface area contributed by atoms with Gasteiger partial charge in [0.2, 0.25) is 0 Å². The number of rotatable bonds is 1. The van der Waals surface area contributed by atoms with Gasteiger partial charge in [0, 0.05) is 5.41 Å². The van der Waals surface area contributed by atoms with Crippen molar-refractivity contribution < 1.29 is 0 Å². The van der Waals surface area contributed by atoms with E-state index >= 15 is 0 Å². The second-order valence-corrected chi connectivity index (χ2v) is 11.8. The van der Waals surface area contributed by atoms with E-state index in [4.69, 9.17) is 0 Å². The van der Waals surface area contributed by atoms with E-state index < -0.39 is 0 Å². The number of allylic oxidation sites excluding steroid dienone is 8. The van der Waals surface area contributed by atoms with E-state index in [0.29, 0.717) is 0 Å². The lowest BCUT2D eigenvalue weighted by Crippen LogP contribution is -2.40. The summed E-state index contributed by atoms with van der Waals surface area (Å²) in [5, 5.41) is 2.86. The number of fused-ring (bicyclic) bond motifs is 2. The summed E-state index contributed by atoms with van der Waals surface area (Å²) in [6, 6.07) is 4.86. The zero-order valence-electron chi connectivity index (χ0n) is 20.7. The Bertz CT molecular complexity index is 1190. The third-order valence-corrected chi connectivity index (χ3v) is 8.10. The quantitative estimate of drug-likeness (QED) is 0.487. The van der Waals surface area contributed by atoms with Crippen LogP contribution in [0.15, 0.2) is 58.2 Å². The fourth-order valence-corrected chi connectivity index (χ4v) is 5.74. The fraction of sp³-hybridized carbons (Fsp3) is 0.467. The summed E-state index contributed by atoms with van der Waals surface area (Å²) >= 11 is 0. The van der Waals surface area contributed by atoms with Gasteiger partial charge in [-0.15, -0.1) is 0 Å². The molecule has 0 aromatic heterocycles. The Balaban J connectivity index is 2.17. The van der Waals surface area contributed by atoms with Crippen molar-refractivity contribution in [3.05, 3.63) is 79.8 Å². The molecule has 158 valence electrons. The third kappa shape index (κ3) is 2.79. The van der Waals surface area contributed by atoms with E-state index in [-0.39, 0.29) is 16.2 Å². The van der Waals surface area contributed by atoms with Crippen molar-refractivity contribution in [3.8, 4) is 0 Å². The predicted molar refractivity (Wildman–Crippen MR) is 132 cm³/mol. The molecule has 0 nitrogen and oxygen atoms in total. The van der Waals surface area contributed by atoms with Crippen LogP contribution in [0.25, 0.3) is 11.6 Å². The summed E-state index contributed by atoms with van der Waals surface area (Å²) in [4.78, 5) is 0. The standard InChI is InChI=1S/C30H38/c1-18-15-23(28(4,5)6)16-22-17-24-26(25(18)22)19(2)20(3)30(10,29(7,8)9)27(24)21-13-11-12-14-21/h11-13,15-17H,14H2,1-10H3. The molecule has 0 bridgehead atoms. The first-order valence-electron chi connectivity index (χ1n) is 11.4. The Labute approximate surface area is 183 Å². The average Bonchev–Trinajstić information content (AvgIpc) is 3.26. The molecule has 4 rings (SSSR count). The van der Waals surface area contributed by atoms with Gasteiger partial charge in [-0.05, 0) is 93.5 Å². The van der Waals surface area contributed by atoms with Crippen LogP contribution in [0.3, 0.4) is 0 Å². The van der Waals surface area contributed by atoms with Crippen molar-refractivity contribution >= 4 is 11.6 Å². The van der Waals surface area contributed by atoms with Gasteiger partial charge in [0.05, 0.1) is 0 Å². The molecular weight excluding hydrogens is 360 g/mol. The van der Waals surface area contributed by atoms with Crippen LogP contribution in [0.2, 0.25) is 0 Å². The van der Waals surface area contributed by atoms with Crippen LogP contribution in [0, 0.1) is 17.8 Å². The van der Waals surface area contributed by atoms with E-state index in [0.717, 1.165) is 6.42 Å². The van der Waals surface area contributed by atoms with Crippen LogP contribution in [0.1, 0.15) is 79.9 Å². The van der Waals surface area contributed by atoms with Crippen molar-refractivity contribution in [1.29, 1.82) is 0 Å². The lowest BCUT2D eigenvalue weighted by atomic mass is 9.54. The van der Waals surface area contributed by atoms with Gasteiger partial charge in [0.1, 0.15) is 0 Å². The molecule has 0 radical (unpaired) electrons. The molecule has 1 aromatic carbocycles. The molecule has 0 fully saturated rings. The zero-order valence-corrected chi connectivity index (χ0v) is 20.7. The topological polar surface area (TPSA) is 0 Å². The van der Waals surface area contributed by atoms with Crippen LogP contribution < -0.4 is 10.4 Å². The Morgan fingerprint density at radius 3 is 2.13 bits per heavy atom. The maximum Gasteiger partial charge on any atom is 0.0194 e. The lowest BCUT2D eigenvalue weighted by molar-refractivity contribution is 0.197. The molecule has 1 aromatic rings. The van der Waals surface area contributed by atoms with E-state index in [9.17, 15) is 0 Å². The predicted octanol–water partition coefficient (Wildman–Crippen LogP) is 6.82. The SMILES string of the molecule is CC1=C(C)C(C)(C(C)(C)C)C(C2=CC=CC2)=C2C=c3cc(C(C)(C)C)cc(C)c3=C12. The van der Waals surface area contributed by atoms with Crippen LogP contribution in [-0.2, 0) is 5.41 Å². The zero-order chi connectivity index (χ0) is 22.2. The van der Waals surface area contributed by atoms with E-state index in [1.807, 2.05) is 0 Å². The van der Waals surface area contributed by atoms with Crippen molar-refractivity contribution in [3.63, 3.8) is 0 Å². The van der Waals surface area contributed by atoms with Crippen LogP contribution in [0.5, 0.6) is 0 Å². The van der Waals surface area contributed by atoms with E-state index in [1.165, 1.54) is 49.4 Å². The summed E-state index contributed by atoms with van der Waals surface area (Å²) in [7, 11) is 0. The molecule has 0 saturated carbocycles. The van der Waals surface area contributed by atoms with Gasteiger partial charge in [-0.1, -0.05) is 84.4 Å². The normalized spacial score (nSPS) is 23.7. The summed E-state index contributed by atoms with van der Waals surface area (Å²) in [6.07, 6.45) is 10.4. The fourth-order valence-electron chi connectivity index (χ4n) is 5.74. The first-order valence-corrected chi connectivity index (χ1v) is 11.4. The molecule has 0 aliphatic heterocycles. The molecule has 30 heavy (non-hydrogen) atoms. The first-order chi connectivity index (χ1) is 13.8. The Morgan fingerprint density at radius 1 is 0.933 bits per heavy atom. The van der Waals surface area contributed by atoms with E-state index in [2.05, 4.69) is 106 Å². The minimum Gasteiger partial charge on any atom is -0.0801 e. The third-order valence-electron chi connectivity index (χ3n) is 8.10. The lowest BCUT2D eigenvalue weighted by Gasteiger charge is -2.49. The number of hydrogen-bond acceptors (Lipinski definition) is 0. The van der Waals surface area contributed by atoms with Gasteiger partial charge in [-0.25, -0.2) is 0 Å². The summed E-state index contributed by atoms with van der Waals surface area (Å²) in [5.74, 6) is 0. The van der Waals surface area contributed by atoms with E-state index in [1.54, 1.807) is 5.57 Å². The van der Waals surface area contributed by atoms with Crippen molar-refractivity contribution in [2.75, 3.05) is 0 Å². The van der Waals surface area contributed by atoms with Crippen molar-refractivity contribution in [1.82, 2.24) is 0 Å². The second-order valence-electron chi connectivity index (χ2n) is 11.8. The smallest absolute Gasteiger partial charge is 0.0194 e. The molecule has 0 spiro atoms. The van der Waals surface area contributed by atoms with Gasteiger partial charge in [0.15, 0.2) is 0 Å². The summed E-state index contributed by atoms with van der Waals surface area (Å²) in [6.45, 7) is 23.7. The van der Waals surface area contributed by atoms with Crippen LogP contribution in [-0.4, -0.2) is 0 Å². The molecule has 1 atom stereocenters. The Morgan fingerprint density at radius 2 is 1.60 bits per heavy atom. The minimum absolute atomic E-state index is 0.00702. The van der Waals surface area contributed by atoms with Crippen molar-refractivity contribution in [2.24, 2.45) is 10.8 Å².